The Morgan fingerprint density at radius 2 is 1.91 bits per heavy atom. The topological polar surface area (TPSA) is 135 Å². The summed E-state index contributed by atoms with van der Waals surface area (Å²) in [6.45, 7) is 6.07. The number of nitrogens with zero attached hydrogens (tertiary/aromatic N) is 3. The summed E-state index contributed by atoms with van der Waals surface area (Å²) in [4.78, 5) is 41.5. The van der Waals surface area contributed by atoms with Gasteiger partial charge in [-0.2, -0.15) is 4.98 Å². The van der Waals surface area contributed by atoms with E-state index in [1.807, 2.05) is 0 Å². The highest BCUT2D eigenvalue weighted by atomic mass is 16.6. The zero-order valence-electron chi connectivity index (χ0n) is 19.8. The summed E-state index contributed by atoms with van der Waals surface area (Å²) < 4.78 is 10.6. The van der Waals surface area contributed by atoms with Gasteiger partial charge in [-0.3, -0.25) is 9.59 Å². The summed E-state index contributed by atoms with van der Waals surface area (Å²) in [7, 11) is 0. The Balaban J connectivity index is 1.48. The minimum Gasteiger partial charge on any atom is -0.481 e. The minimum absolute atomic E-state index is 0.110. The fourth-order valence-electron chi connectivity index (χ4n) is 4.44. The van der Waals surface area contributed by atoms with Gasteiger partial charge in [-0.05, 0) is 33.1 Å². The Labute approximate surface area is 194 Å². The van der Waals surface area contributed by atoms with Gasteiger partial charge in [0.2, 0.25) is 5.89 Å². The van der Waals surface area contributed by atoms with Crippen LogP contribution < -0.4 is 5.32 Å². The number of aliphatic carboxylic acids is 1. The quantitative estimate of drug-likeness (QED) is 0.564. The summed E-state index contributed by atoms with van der Waals surface area (Å²) in [6, 6.07) is -0.225. The van der Waals surface area contributed by atoms with Crippen LogP contribution in [0, 0.1) is 5.92 Å². The number of amides is 2. The van der Waals surface area contributed by atoms with Gasteiger partial charge in [-0.1, -0.05) is 50.1 Å². The molecule has 0 aromatic carbocycles. The second-order valence-electron chi connectivity index (χ2n) is 10.2. The van der Waals surface area contributed by atoms with Crippen molar-refractivity contribution in [2.45, 2.75) is 96.1 Å². The van der Waals surface area contributed by atoms with Gasteiger partial charge >= 0.3 is 12.1 Å². The molecule has 3 rings (SSSR count). The van der Waals surface area contributed by atoms with Crippen LogP contribution in [0.4, 0.5) is 4.79 Å². The van der Waals surface area contributed by atoms with Gasteiger partial charge < -0.3 is 24.6 Å². The van der Waals surface area contributed by atoms with E-state index in [4.69, 9.17) is 9.26 Å². The highest BCUT2D eigenvalue weighted by Crippen LogP contribution is 2.31. The molecule has 33 heavy (non-hydrogen) atoms. The molecule has 1 saturated carbocycles. The van der Waals surface area contributed by atoms with Crippen molar-refractivity contribution < 1.29 is 28.8 Å². The van der Waals surface area contributed by atoms with Crippen molar-refractivity contribution >= 4 is 18.0 Å². The van der Waals surface area contributed by atoms with Crippen LogP contribution in [-0.2, 0) is 9.53 Å². The number of rotatable bonds is 9. The van der Waals surface area contributed by atoms with E-state index in [0.29, 0.717) is 19.5 Å². The van der Waals surface area contributed by atoms with Gasteiger partial charge in [-0.15, -0.1) is 0 Å². The van der Waals surface area contributed by atoms with E-state index in [1.54, 1.807) is 20.8 Å². The summed E-state index contributed by atoms with van der Waals surface area (Å²) in [6.07, 6.45) is 8.46. The summed E-state index contributed by atoms with van der Waals surface area (Å²) >= 11 is 0. The lowest BCUT2D eigenvalue weighted by Crippen LogP contribution is -2.61. The highest BCUT2D eigenvalue weighted by molar-refractivity contribution is 5.90. The second kappa shape index (κ2) is 11.0. The standard InChI is InChI=1S/C23H36N4O6/c1-23(2,3)32-22(31)27-13-17(14-27)24-20(30)19-25-21(33-26-19)16(12-18(28)29)11-7-10-15-8-5-4-6-9-15/h15-17H,4-14H2,1-3H3,(H,24,30)(H,28,29). The zero-order valence-corrected chi connectivity index (χ0v) is 19.8. The van der Waals surface area contributed by atoms with Crippen molar-refractivity contribution in [3.05, 3.63) is 11.7 Å². The van der Waals surface area contributed by atoms with Crippen molar-refractivity contribution in [2.75, 3.05) is 13.1 Å². The molecule has 1 aromatic heterocycles. The number of aromatic nitrogens is 2. The second-order valence-corrected chi connectivity index (χ2v) is 10.2. The molecule has 2 N–H and O–H groups in total. The van der Waals surface area contributed by atoms with E-state index < -0.39 is 29.5 Å². The van der Waals surface area contributed by atoms with Gasteiger partial charge in [0.05, 0.1) is 12.5 Å². The van der Waals surface area contributed by atoms with Crippen LogP contribution in [-0.4, -0.2) is 62.8 Å². The van der Waals surface area contributed by atoms with E-state index in [0.717, 1.165) is 18.8 Å². The van der Waals surface area contributed by atoms with Crippen molar-refractivity contribution in [3.8, 4) is 0 Å². The minimum atomic E-state index is -0.932. The van der Waals surface area contributed by atoms with Crippen molar-refractivity contribution in [3.63, 3.8) is 0 Å². The van der Waals surface area contributed by atoms with Crippen LogP contribution in [0.2, 0.25) is 0 Å². The molecule has 2 fully saturated rings. The predicted molar refractivity (Wildman–Crippen MR) is 119 cm³/mol. The molecule has 2 aliphatic rings. The predicted octanol–water partition coefficient (Wildman–Crippen LogP) is 3.73. The van der Waals surface area contributed by atoms with Crippen LogP contribution in [0.5, 0.6) is 0 Å². The van der Waals surface area contributed by atoms with Gasteiger partial charge in [0.15, 0.2) is 0 Å². The van der Waals surface area contributed by atoms with Gasteiger partial charge in [0.25, 0.3) is 11.7 Å². The maximum atomic E-state index is 12.5. The lowest BCUT2D eigenvalue weighted by Gasteiger charge is -2.39. The first-order chi connectivity index (χ1) is 15.6. The molecule has 10 heteroatoms. The first-order valence-electron chi connectivity index (χ1n) is 11.9. The van der Waals surface area contributed by atoms with Crippen LogP contribution >= 0.6 is 0 Å². The van der Waals surface area contributed by atoms with Crippen LogP contribution in [0.25, 0.3) is 0 Å². The van der Waals surface area contributed by atoms with Crippen molar-refractivity contribution in [1.29, 1.82) is 0 Å². The van der Waals surface area contributed by atoms with E-state index >= 15 is 0 Å². The third-order valence-electron chi connectivity index (χ3n) is 6.17. The molecule has 1 saturated heterocycles. The van der Waals surface area contributed by atoms with E-state index in [-0.39, 0.29) is 24.2 Å². The highest BCUT2D eigenvalue weighted by Gasteiger charge is 2.35. The Kier molecular flexibility index (Phi) is 8.31. The Bertz CT molecular complexity index is 821. The van der Waals surface area contributed by atoms with Gasteiger partial charge in [0.1, 0.15) is 5.60 Å². The monoisotopic (exact) mass is 464 g/mol. The Morgan fingerprint density at radius 1 is 1.21 bits per heavy atom. The number of likely N-dealkylation sites (tertiary alicyclic amines) is 1. The zero-order chi connectivity index (χ0) is 24.0. The lowest BCUT2D eigenvalue weighted by molar-refractivity contribution is -0.137. The normalized spacial score (nSPS) is 18.5. The van der Waals surface area contributed by atoms with Crippen molar-refractivity contribution in [2.24, 2.45) is 5.92 Å². The van der Waals surface area contributed by atoms with Crippen LogP contribution in [0.1, 0.15) is 101 Å². The average Bonchev–Trinajstić information content (AvgIpc) is 3.19. The molecule has 1 aliphatic heterocycles. The number of carbonyl (C=O) groups is 3. The molecule has 10 nitrogen and oxygen atoms in total. The number of carboxylic acid groups (broad SMARTS) is 1. The molecule has 2 amide bonds. The fourth-order valence-corrected chi connectivity index (χ4v) is 4.44. The first-order valence-corrected chi connectivity index (χ1v) is 11.9. The van der Waals surface area contributed by atoms with Crippen LogP contribution in [0.3, 0.4) is 0 Å². The Hall–Kier alpha value is -2.65. The average molecular weight is 465 g/mol. The molecule has 1 aromatic rings. The molecular formula is C23H36N4O6. The molecule has 0 bridgehead atoms. The molecule has 2 heterocycles. The first kappa shape index (κ1) is 25.0. The third kappa shape index (κ3) is 7.71. The molecule has 1 aliphatic carbocycles. The molecule has 0 spiro atoms. The number of ether oxygens (including phenoxy) is 1. The molecule has 1 unspecified atom stereocenters. The van der Waals surface area contributed by atoms with E-state index in [9.17, 15) is 19.5 Å². The van der Waals surface area contributed by atoms with Crippen molar-refractivity contribution in [1.82, 2.24) is 20.4 Å². The largest absolute Gasteiger partial charge is 0.481 e. The number of carboxylic acids is 1. The molecule has 184 valence electrons. The maximum absolute atomic E-state index is 12.5. The third-order valence-corrected chi connectivity index (χ3v) is 6.17. The van der Waals surface area contributed by atoms with Gasteiger partial charge in [-0.25, -0.2) is 4.79 Å². The van der Waals surface area contributed by atoms with Crippen LogP contribution in [0.15, 0.2) is 4.52 Å². The molecule has 1 atom stereocenters. The van der Waals surface area contributed by atoms with Gasteiger partial charge in [0, 0.05) is 19.0 Å². The maximum Gasteiger partial charge on any atom is 0.410 e. The number of hydrogen-bond donors (Lipinski definition) is 2. The summed E-state index contributed by atoms with van der Waals surface area (Å²) in [5, 5.41) is 15.8. The number of nitrogens with one attached hydrogen (secondary N) is 1. The SMILES string of the molecule is CC(C)(C)OC(=O)N1CC(NC(=O)c2noc(C(CCCC3CCCCC3)CC(=O)O)n2)C1. The summed E-state index contributed by atoms with van der Waals surface area (Å²) in [5.41, 5.74) is -0.574. The fraction of sp³-hybridized carbons (Fsp3) is 0.783. The van der Waals surface area contributed by atoms with E-state index in [1.165, 1.54) is 37.0 Å². The van der Waals surface area contributed by atoms with E-state index in [2.05, 4.69) is 15.5 Å². The molecule has 0 radical (unpaired) electrons. The smallest absolute Gasteiger partial charge is 0.410 e. The number of hydrogen-bond acceptors (Lipinski definition) is 7. The lowest BCUT2D eigenvalue weighted by atomic mass is 9.84. The molecular weight excluding hydrogens is 428 g/mol. The Morgan fingerprint density at radius 3 is 2.55 bits per heavy atom. The summed E-state index contributed by atoms with van der Waals surface area (Å²) in [5.74, 6) is -1.06. The number of carbonyl (C=O) groups excluding carboxylic acids is 2.